The molecule has 0 unspecified atom stereocenters. The van der Waals surface area contributed by atoms with Gasteiger partial charge in [-0.25, -0.2) is 0 Å². The number of nitriles is 1. The molecule has 3 heteroatoms. The first kappa shape index (κ1) is 18.3. The third-order valence-corrected chi connectivity index (χ3v) is 5.16. The Morgan fingerprint density at radius 2 is 1.88 bits per heavy atom. The molecule has 0 amide bonds. The molecule has 2 nitrogen and oxygen atoms in total. The quantitative estimate of drug-likeness (QED) is 0.465. The van der Waals surface area contributed by atoms with Gasteiger partial charge >= 0.3 is 0 Å². The maximum Gasteiger partial charge on any atom is 0.0998 e. The Balaban J connectivity index is 2.05. The van der Waals surface area contributed by atoms with Crippen molar-refractivity contribution in [3.8, 4) is 6.07 Å². The Morgan fingerprint density at radius 1 is 1.19 bits per heavy atom. The molecule has 0 spiro atoms. The predicted octanol–water partition coefficient (Wildman–Crippen LogP) is 6.43. The lowest BCUT2D eigenvalue weighted by atomic mass is 9.88. The fourth-order valence-corrected chi connectivity index (χ4v) is 3.87. The Bertz CT molecular complexity index is 928. The summed E-state index contributed by atoms with van der Waals surface area (Å²) in [6, 6.07) is 16.1. The predicted molar refractivity (Wildman–Crippen MR) is 112 cm³/mol. The van der Waals surface area contributed by atoms with Crippen LogP contribution in [0.15, 0.2) is 48.5 Å². The topological polar surface area (TPSA) is 27.0 Å². The highest BCUT2D eigenvalue weighted by Crippen LogP contribution is 2.39. The van der Waals surface area contributed by atoms with Crippen LogP contribution in [0, 0.1) is 11.3 Å². The third-order valence-electron chi connectivity index (χ3n) is 4.90. The van der Waals surface area contributed by atoms with Gasteiger partial charge in [0.15, 0.2) is 0 Å². The summed E-state index contributed by atoms with van der Waals surface area (Å²) in [5.74, 6) is 0. The van der Waals surface area contributed by atoms with Gasteiger partial charge < -0.3 is 4.90 Å². The van der Waals surface area contributed by atoms with Crippen LogP contribution in [-0.4, -0.2) is 12.1 Å². The summed E-state index contributed by atoms with van der Waals surface area (Å²) in [5, 5.41) is 10.2. The number of nitrogens with zero attached hydrogens (tertiary/aromatic N) is 2. The van der Waals surface area contributed by atoms with E-state index in [1.54, 1.807) is 0 Å². The number of hydrogen-bond donors (Lipinski definition) is 0. The Morgan fingerprint density at radius 3 is 2.50 bits per heavy atom. The van der Waals surface area contributed by atoms with Gasteiger partial charge in [-0.05, 0) is 74.7 Å². The lowest BCUT2D eigenvalue weighted by Gasteiger charge is -2.42. The number of halogens is 1. The van der Waals surface area contributed by atoms with Gasteiger partial charge in [0.05, 0.1) is 17.2 Å². The fraction of sp³-hybridized carbons (Fsp3) is 0.261. The van der Waals surface area contributed by atoms with E-state index >= 15 is 0 Å². The maximum atomic E-state index is 9.58. The summed E-state index contributed by atoms with van der Waals surface area (Å²) in [5.41, 5.74) is 6.29. The molecular weight excluding hydrogens is 340 g/mol. The zero-order valence-electron chi connectivity index (χ0n) is 15.7. The van der Waals surface area contributed by atoms with Crippen LogP contribution in [0.5, 0.6) is 0 Å². The van der Waals surface area contributed by atoms with Crippen LogP contribution >= 0.6 is 11.6 Å². The van der Waals surface area contributed by atoms with E-state index in [4.69, 9.17) is 11.6 Å². The molecule has 1 heterocycles. The first-order valence-corrected chi connectivity index (χ1v) is 9.23. The molecule has 26 heavy (non-hydrogen) atoms. The first-order valence-electron chi connectivity index (χ1n) is 8.85. The van der Waals surface area contributed by atoms with Crippen LogP contribution in [0.1, 0.15) is 44.4 Å². The summed E-state index contributed by atoms with van der Waals surface area (Å²) in [6.07, 6.45) is 4.25. The third kappa shape index (κ3) is 3.41. The van der Waals surface area contributed by atoms with Gasteiger partial charge in [-0.2, -0.15) is 5.26 Å². The van der Waals surface area contributed by atoms with E-state index < -0.39 is 0 Å². The van der Waals surface area contributed by atoms with E-state index in [0.717, 1.165) is 17.7 Å². The second-order valence-corrected chi connectivity index (χ2v) is 7.62. The fourth-order valence-electron chi connectivity index (χ4n) is 3.74. The minimum absolute atomic E-state index is 0.00428. The van der Waals surface area contributed by atoms with Crippen molar-refractivity contribution in [1.82, 2.24) is 0 Å². The summed E-state index contributed by atoms with van der Waals surface area (Å²) >= 11 is 5.95. The Labute approximate surface area is 161 Å². The van der Waals surface area contributed by atoms with Crippen molar-refractivity contribution in [2.45, 2.75) is 33.2 Å². The average molecular weight is 363 g/mol. The van der Waals surface area contributed by atoms with Crippen molar-refractivity contribution in [2.75, 3.05) is 11.4 Å². The van der Waals surface area contributed by atoms with Crippen molar-refractivity contribution in [2.24, 2.45) is 0 Å². The van der Waals surface area contributed by atoms with Gasteiger partial charge in [0, 0.05) is 22.8 Å². The zero-order valence-corrected chi connectivity index (χ0v) is 16.4. The van der Waals surface area contributed by atoms with E-state index in [1.165, 1.54) is 16.8 Å². The molecule has 132 valence electrons. The SMILES string of the molecule is CCN1c2ccc(/C=C(\C#N)c3ccc(Cl)cc3)cc2C(C)=CC1(C)C. The number of anilines is 1. The van der Waals surface area contributed by atoms with Gasteiger partial charge in [-0.3, -0.25) is 0 Å². The molecule has 0 aliphatic carbocycles. The zero-order chi connectivity index (χ0) is 18.9. The number of fused-ring (bicyclic) bond motifs is 1. The lowest BCUT2D eigenvalue weighted by molar-refractivity contribution is 0.566. The van der Waals surface area contributed by atoms with Crippen molar-refractivity contribution in [3.05, 3.63) is 70.3 Å². The molecule has 1 aliphatic heterocycles. The number of rotatable bonds is 3. The van der Waals surface area contributed by atoms with E-state index in [9.17, 15) is 5.26 Å². The van der Waals surface area contributed by atoms with Crippen molar-refractivity contribution in [1.29, 1.82) is 5.26 Å². The molecule has 0 fully saturated rings. The second kappa shape index (κ2) is 7.02. The molecule has 3 rings (SSSR count). The first-order chi connectivity index (χ1) is 12.4. The minimum Gasteiger partial charge on any atom is -0.363 e. The van der Waals surface area contributed by atoms with Crippen molar-refractivity contribution in [3.63, 3.8) is 0 Å². The maximum absolute atomic E-state index is 9.58. The van der Waals surface area contributed by atoms with E-state index in [1.807, 2.05) is 30.3 Å². The Kier molecular flexibility index (Phi) is 4.94. The number of likely N-dealkylation sites (N-methyl/N-ethyl adjacent to an activating group) is 1. The molecule has 0 radical (unpaired) electrons. The van der Waals surface area contributed by atoms with E-state index in [-0.39, 0.29) is 5.54 Å². The van der Waals surface area contributed by atoms with Crippen LogP contribution in [0.3, 0.4) is 0 Å². The molecular formula is C23H23ClN2. The van der Waals surface area contributed by atoms with E-state index in [2.05, 4.69) is 62.9 Å². The molecule has 2 aromatic rings. The van der Waals surface area contributed by atoms with Crippen LogP contribution in [0.4, 0.5) is 5.69 Å². The van der Waals surface area contributed by atoms with Gasteiger partial charge in [0.1, 0.15) is 0 Å². The van der Waals surface area contributed by atoms with Gasteiger partial charge in [0.2, 0.25) is 0 Å². The monoisotopic (exact) mass is 362 g/mol. The number of allylic oxidation sites excluding steroid dienone is 2. The van der Waals surface area contributed by atoms with E-state index in [0.29, 0.717) is 10.6 Å². The summed E-state index contributed by atoms with van der Waals surface area (Å²) < 4.78 is 0. The molecule has 2 aromatic carbocycles. The average Bonchev–Trinajstić information content (AvgIpc) is 2.60. The van der Waals surface area contributed by atoms with Crippen molar-refractivity contribution >= 4 is 34.5 Å². The second-order valence-electron chi connectivity index (χ2n) is 7.18. The molecule has 1 aliphatic rings. The minimum atomic E-state index is 0.00428. The molecule has 0 aromatic heterocycles. The van der Waals surface area contributed by atoms with Gasteiger partial charge in [0.25, 0.3) is 0 Å². The highest BCUT2D eigenvalue weighted by Gasteiger charge is 2.29. The standard InChI is InChI=1S/C23H23ClN2/c1-5-26-22-11-6-17(13-21(22)16(2)14-23(26,3)4)12-19(15-25)18-7-9-20(24)10-8-18/h6-14H,5H2,1-4H3/b19-12+. The Hall–Kier alpha value is -2.50. The molecule has 0 saturated heterocycles. The highest BCUT2D eigenvalue weighted by molar-refractivity contribution is 6.30. The summed E-state index contributed by atoms with van der Waals surface area (Å²) in [7, 11) is 0. The normalized spacial score (nSPS) is 15.9. The smallest absolute Gasteiger partial charge is 0.0998 e. The van der Waals surface area contributed by atoms with Crippen LogP contribution < -0.4 is 4.90 Å². The molecule has 0 atom stereocenters. The molecule has 0 N–H and O–H groups in total. The summed E-state index contributed by atoms with van der Waals surface area (Å²) in [4.78, 5) is 2.41. The van der Waals surface area contributed by atoms with Crippen molar-refractivity contribution < 1.29 is 0 Å². The van der Waals surface area contributed by atoms with Gasteiger partial charge in [-0.15, -0.1) is 0 Å². The van der Waals surface area contributed by atoms with Crippen LogP contribution in [0.25, 0.3) is 17.2 Å². The molecule has 0 saturated carbocycles. The van der Waals surface area contributed by atoms with Crippen LogP contribution in [0.2, 0.25) is 5.02 Å². The van der Waals surface area contributed by atoms with Gasteiger partial charge in [-0.1, -0.05) is 35.9 Å². The number of benzene rings is 2. The van der Waals surface area contributed by atoms with Crippen LogP contribution in [-0.2, 0) is 0 Å². The largest absolute Gasteiger partial charge is 0.363 e. The lowest BCUT2D eigenvalue weighted by Crippen LogP contribution is -2.44. The molecule has 0 bridgehead atoms. The highest BCUT2D eigenvalue weighted by atomic mass is 35.5. The number of hydrogen-bond acceptors (Lipinski definition) is 2. The summed E-state index contributed by atoms with van der Waals surface area (Å²) in [6.45, 7) is 9.77.